The summed E-state index contributed by atoms with van der Waals surface area (Å²) in [5.41, 5.74) is 0. The normalized spacial score (nSPS) is 31.0. The number of amides is 1. The Morgan fingerprint density at radius 2 is 1.57 bits per heavy atom. The molecule has 2 heterocycles. The molecule has 3 fully saturated rings. The third-order valence-corrected chi connectivity index (χ3v) is 8.10. The maximum absolute atomic E-state index is 12.9. The van der Waals surface area contributed by atoms with Gasteiger partial charge in [-0.2, -0.15) is 0 Å². The predicted octanol–water partition coefficient (Wildman–Crippen LogP) is 2.78. The summed E-state index contributed by atoms with van der Waals surface area (Å²) >= 11 is 0. The van der Waals surface area contributed by atoms with Crippen molar-refractivity contribution in [3.8, 4) is 0 Å². The number of benzene rings is 1. The SMILES string of the molecule is O=C(C1CCC1)N1C2CCC1CC(S(=O)(=O)c1ccccc1)C2. The molecule has 1 aliphatic carbocycles. The van der Waals surface area contributed by atoms with Crippen molar-refractivity contribution in [2.24, 2.45) is 5.92 Å². The molecular formula is C18H23NO3S. The topological polar surface area (TPSA) is 54.5 Å². The highest BCUT2D eigenvalue weighted by molar-refractivity contribution is 7.92. The molecular weight excluding hydrogens is 310 g/mol. The number of sulfone groups is 1. The number of carbonyl (C=O) groups is 1. The summed E-state index contributed by atoms with van der Waals surface area (Å²) in [7, 11) is -3.29. The molecule has 3 aliphatic rings. The molecule has 0 radical (unpaired) electrons. The van der Waals surface area contributed by atoms with E-state index in [1.165, 1.54) is 0 Å². The van der Waals surface area contributed by atoms with Crippen LogP contribution >= 0.6 is 0 Å². The molecule has 1 amide bonds. The lowest BCUT2D eigenvalue weighted by Crippen LogP contribution is -2.52. The Kier molecular flexibility index (Phi) is 3.71. The molecule has 2 bridgehead atoms. The monoisotopic (exact) mass is 333 g/mol. The lowest BCUT2D eigenvalue weighted by molar-refractivity contribution is -0.142. The van der Waals surface area contributed by atoms with Crippen LogP contribution in [0.1, 0.15) is 44.9 Å². The van der Waals surface area contributed by atoms with Crippen molar-refractivity contribution in [2.45, 2.75) is 67.2 Å². The van der Waals surface area contributed by atoms with E-state index in [9.17, 15) is 13.2 Å². The molecule has 1 aromatic rings. The maximum atomic E-state index is 12.9. The van der Waals surface area contributed by atoms with Gasteiger partial charge in [0.15, 0.2) is 9.84 Å². The number of piperidine rings is 1. The summed E-state index contributed by atoms with van der Waals surface area (Å²) in [6.07, 6.45) is 6.32. The predicted molar refractivity (Wildman–Crippen MR) is 87.6 cm³/mol. The zero-order valence-corrected chi connectivity index (χ0v) is 14.0. The highest BCUT2D eigenvalue weighted by atomic mass is 32.2. The van der Waals surface area contributed by atoms with Crippen LogP contribution in [-0.2, 0) is 14.6 Å². The van der Waals surface area contributed by atoms with Crippen molar-refractivity contribution in [2.75, 3.05) is 0 Å². The van der Waals surface area contributed by atoms with E-state index >= 15 is 0 Å². The molecule has 4 nitrogen and oxygen atoms in total. The number of hydrogen-bond acceptors (Lipinski definition) is 3. The molecule has 4 rings (SSSR count). The lowest BCUT2D eigenvalue weighted by atomic mass is 9.83. The Balaban J connectivity index is 1.54. The van der Waals surface area contributed by atoms with Crippen LogP contribution in [0.4, 0.5) is 0 Å². The van der Waals surface area contributed by atoms with E-state index in [1.807, 2.05) is 6.07 Å². The Hall–Kier alpha value is -1.36. The minimum absolute atomic E-state index is 0.130. The molecule has 23 heavy (non-hydrogen) atoms. The maximum Gasteiger partial charge on any atom is 0.226 e. The van der Waals surface area contributed by atoms with Gasteiger partial charge in [-0.15, -0.1) is 0 Å². The molecule has 2 unspecified atom stereocenters. The van der Waals surface area contributed by atoms with Gasteiger partial charge in [-0.1, -0.05) is 24.6 Å². The van der Waals surface area contributed by atoms with E-state index < -0.39 is 9.84 Å². The zero-order chi connectivity index (χ0) is 16.0. The molecule has 0 N–H and O–H groups in total. The van der Waals surface area contributed by atoms with E-state index in [1.54, 1.807) is 24.3 Å². The van der Waals surface area contributed by atoms with Crippen LogP contribution in [0.15, 0.2) is 35.2 Å². The largest absolute Gasteiger partial charge is 0.336 e. The quantitative estimate of drug-likeness (QED) is 0.855. The van der Waals surface area contributed by atoms with Crippen molar-refractivity contribution < 1.29 is 13.2 Å². The van der Waals surface area contributed by atoms with Crippen LogP contribution in [0.5, 0.6) is 0 Å². The van der Waals surface area contributed by atoms with Gasteiger partial charge in [0.05, 0.1) is 10.1 Å². The van der Waals surface area contributed by atoms with Crippen molar-refractivity contribution in [1.29, 1.82) is 0 Å². The van der Waals surface area contributed by atoms with Crippen molar-refractivity contribution in [3.05, 3.63) is 30.3 Å². The minimum atomic E-state index is -3.29. The van der Waals surface area contributed by atoms with Crippen LogP contribution in [0, 0.1) is 5.92 Å². The molecule has 0 spiro atoms. The number of carbonyl (C=O) groups excluding carboxylic acids is 1. The standard InChI is InChI=1S/C18H23NO3S/c20-18(13-5-4-6-13)19-14-9-10-15(19)12-17(11-14)23(21,22)16-7-2-1-3-8-16/h1-3,7-8,13-15,17H,4-6,9-12H2. The average molecular weight is 333 g/mol. The van der Waals surface area contributed by atoms with Crippen LogP contribution < -0.4 is 0 Å². The number of rotatable bonds is 3. The second kappa shape index (κ2) is 5.62. The Bertz CT molecular complexity index is 682. The first-order valence-electron chi connectivity index (χ1n) is 8.68. The van der Waals surface area contributed by atoms with Crippen LogP contribution in [0.2, 0.25) is 0 Å². The minimum Gasteiger partial charge on any atom is -0.336 e. The van der Waals surface area contributed by atoms with Gasteiger partial charge < -0.3 is 4.90 Å². The van der Waals surface area contributed by atoms with E-state index in [4.69, 9.17) is 0 Å². The summed E-state index contributed by atoms with van der Waals surface area (Å²) < 4.78 is 25.8. The van der Waals surface area contributed by atoms with Gasteiger partial charge >= 0.3 is 0 Å². The van der Waals surface area contributed by atoms with E-state index in [-0.39, 0.29) is 23.3 Å². The number of nitrogens with zero attached hydrogens (tertiary/aromatic N) is 1. The molecule has 2 saturated heterocycles. The fourth-order valence-electron chi connectivity index (χ4n) is 4.41. The van der Waals surface area contributed by atoms with Gasteiger partial charge in [-0.25, -0.2) is 8.42 Å². The average Bonchev–Trinajstić information content (AvgIpc) is 2.76. The van der Waals surface area contributed by atoms with Crippen LogP contribution in [0.25, 0.3) is 0 Å². The van der Waals surface area contributed by atoms with Gasteiger partial charge in [0, 0.05) is 18.0 Å². The van der Waals surface area contributed by atoms with Gasteiger partial charge in [-0.05, 0) is 50.7 Å². The molecule has 2 atom stereocenters. The van der Waals surface area contributed by atoms with Crippen molar-refractivity contribution in [3.63, 3.8) is 0 Å². The molecule has 2 aliphatic heterocycles. The van der Waals surface area contributed by atoms with E-state index in [0.717, 1.165) is 32.1 Å². The fraction of sp³-hybridized carbons (Fsp3) is 0.611. The number of hydrogen-bond donors (Lipinski definition) is 0. The first-order chi connectivity index (χ1) is 11.1. The van der Waals surface area contributed by atoms with Crippen LogP contribution in [0.3, 0.4) is 0 Å². The van der Waals surface area contributed by atoms with Crippen molar-refractivity contribution >= 4 is 15.7 Å². The second-order valence-corrected chi connectivity index (χ2v) is 9.44. The van der Waals surface area contributed by atoms with Gasteiger partial charge in [0.2, 0.25) is 5.91 Å². The highest BCUT2D eigenvalue weighted by Crippen LogP contribution is 2.42. The Labute approximate surface area is 137 Å². The Morgan fingerprint density at radius 1 is 0.957 bits per heavy atom. The third-order valence-electron chi connectivity index (χ3n) is 5.91. The Morgan fingerprint density at radius 3 is 2.09 bits per heavy atom. The fourth-order valence-corrected chi connectivity index (χ4v) is 6.28. The second-order valence-electron chi connectivity index (χ2n) is 7.21. The molecule has 1 aromatic carbocycles. The molecule has 1 saturated carbocycles. The third kappa shape index (κ3) is 2.49. The molecule has 0 aromatic heterocycles. The summed E-state index contributed by atoms with van der Waals surface area (Å²) in [5, 5.41) is -0.340. The van der Waals surface area contributed by atoms with Crippen LogP contribution in [-0.4, -0.2) is 36.6 Å². The summed E-state index contributed by atoms with van der Waals surface area (Å²) in [6.45, 7) is 0. The summed E-state index contributed by atoms with van der Waals surface area (Å²) in [4.78, 5) is 15.1. The van der Waals surface area contributed by atoms with E-state index in [2.05, 4.69) is 4.90 Å². The first-order valence-corrected chi connectivity index (χ1v) is 10.2. The smallest absolute Gasteiger partial charge is 0.226 e. The zero-order valence-electron chi connectivity index (χ0n) is 13.2. The lowest BCUT2D eigenvalue weighted by Gasteiger charge is -2.41. The van der Waals surface area contributed by atoms with E-state index in [0.29, 0.717) is 23.6 Å². The first kappa shape index (κ1) is 15.2. The van der Waals surface area contributed by atoms with Gasteiger partial charge in [0.1, 0.15) is 0 Å². The van der Waals surface area contributed by atoms with Gasteiger partial charge in [-0.3, -0.25) is 4.79 Å². The molecule has 124 valence electrons. The van der Waals surface area contributed by atoms with Gasteiger partial charge in [0.25, 0.3) is 0 Å². The number of fused-ring (bicyclic) bond motifs is 2. The summed E-state index contributed by atoms with van der Waals surface area (Å²) in [6, 6.07) is 9.01. The summed E-state index contributed by atoms with van der Waals surface area (Å²) in [5.74, 6) is 0.500. The molecule has 5 heteroatoms. The highest BCUT2D eigenvalue weighted by Gasteiger charge is 2.48. The van der Waals surface area contributed by atoms with Crippen molar-refractivity contribution in [1.82, 2.24) is 4.90 Å².